The molecule has 8 heteroatoms. The molecular formula is C23H38IN3O4. The van der Waals surface area contributed by atoms with Crippen molar-refractivity contribution in [2.45, 2.75) is 57.3 Å². The van der Waals surface area contributed by atoms with Gasteiger partial charge in [-0.05, 0) is 56.7 Å². The summed E-state index contributed by atoms with van der Waals surface area (Å²) in [6.45, 7) is 6.55. The van der Waals surface area contributed by atoms with Crippen LogP contribution in [0.4, 0.5) is 0 Å². The van der Waals surface area contributed by atoms with Crippen molar-refractivity contribution in [2.75, 3.05) is 46.5 Å². The molecule has 2 unspecified atom stereocenters. The first-order chi connectivity index (χ1) is 14.7. The van der Waals surface area contributed by atoms with Crippen LogP contribution in [0.2, 0.25) is 0 Å². The van der Waals surface area contributed by atoms with Gasteiger partial charge >= 0.3 is 0 Å². The zero-order valence-electron chi connectivity index (χ0n) is 18.8. The van der Waals surface area contributed by atoms with E-state index in [0.717, 1.165) is 62.8 Å². The van der Waals surface area contributed by atoms with E-state index < -0.39 is 6.10 Å². The van der Waals surface area contributed by atoms with Crippen LogP contribution in [0.15, 0.2) is 29.3 Å². The lowest BCUT2D eigenvalue weighted by molar-refractivity contribution is -0.0721. The van der Waals surface area contributed by atoms with Crippen LogP contribution in [0.25, 0.3) is 0 Å². The summed E-state index contributed by atoms with van der Waals surface area (Å²) >= 11 is 0. The van der Waals surface area contributed by atoms with Crippen molar-refractivity contribution in [3.63, 3.8) is 0 Å². The summed E-state index contributed by atoms with van der Waals surface area (Å²) in [7, 11) is 1.63. The van der Waals surface area contributed by atoms with Gasteiger partial charge in [0.25, 0.3) is 0 Å². The van der Waals surface area contributed by atoms with E-state index in [-0.39, 0.29) is 36.2 Å². The van der Waals surface area contributed by atoms with E-state index >= 15 is 0 Å². The Morgan fingerprint density at radius 3 is 2.77 bits per heavy atom. The molecule has 2 saturated heterocycles. The van der Waals surface area contributed by atoms with Crippen molar-refractivity contribution < 1.29 is 19.3 Å². The molecule has 7 nitrogen and oxygen atoms in total. The maximum Gasteiger partial charge on any atom is 0.194 e. The van der Waals surface area contributed by atoms with Gasteiger partial charge in [0, 0.05) is 26.2 Å². The van der Waals surface area contributed by atoms with Gasteiger partial charge in [-0.1, -0.05) is 12.1 Å². The van der Waals surface area contributed by atoms with Crippen LogP contribution in [0.1, 0.15) is 50.7 Å². The topological polar surface area (TPSA) is 75.6 Å². The highest BCUT2D eigenvalue weighted by molar-refractivity contribution is 14.0. The number of piperidine rings is 1. The Balaban J connectivity index is 0.00000341. The third-order valence-electron chi connectivity index (χ3n) is 5.76. The minimum absolute atomic E-state index is 0. The highest BCUT2D eigenvalue weighted by Crippen LogP contribution is 2.20. The molecule has 2 N–H and O–H groups in total. The monoisotopic (exact) mass is 547 g/mol. The molecule has 2 fully saturated rings. The second kappa shape index (κ2) is 14.1. The number of halogens is 1. The lowest BCUT2D eigenvalue weighted by Gasteiger charge is -2.35. The average molecular weight is 547 g/mol. The SMILES string of the molecule is CCNC(=NCC(O)c1cccc(OC)c1)N1CCC(OCC2CCCCO2)CC1.I. The molecule has 1 aromatic carbocycles. The number of aliphatic imine (C=N–C) groups is 1. The van der Waals surface area contributed by atoms with Gasteiger partial charge in [-0.15, -0.1) is 24.0 Å². The van der Waals surface area contributed by atoms with Crippen LogP contribution >= 0.6 is 24.0 Å². The summed E-state index contributed by atoms with van der Waals surface area (Å²) in [4.78, 5) is 6.96. The molecule has 0 radical (unpaired) electrons. The molecular weight excluding hydrogens is 509 g/mol. The maximum absolute atomic E-state index is 10.6. The molecule has 0 amide bonds. The second-order valence-corrected chi connectivity index (χ2v) is 8.00. The summed E-state index contributed by atoms with van der Waals surface area (Å²) < 4.78 is 17.1. The highest BCUT2D eigenvalue weighted by Gasteiger charge is 2.24. The summed E-state index contributed by atoms with van der Waals surface area (Å²) in [5.41, 5.74) is 0.811. The van der Waals surface area contributed by atoms with Crippen LogP contribution in [0, 0.1) is 0 Å². The number of nitrogens with zero attached hydrogens (tertiary/aromatic N) is 2. The molecule has 176 valence electrons. The first-order valence-electron chi connectivity index (χ1n) is 11.3. The summed E-state index contributed by atoms with van der Waals surface area (Å²) in [5.74, 6) is 1.59. The number of likely N-dealkylation sites (tertiary alicyclic amines) is 1. The summed E-state index contributed by atoms with van der Waals surface area (Å²) in [6, 6.07) is 7.51. The quantitative estimate of drug-likeness (QED) is 0.296. The maximum atomic E-state index is 10.6. The molecule has 2 aliphatic rings. The van der Waals surface area contributed by atoms with Crippen LogP contribution in [-0.4, -0.2) is 74.7 Å². The van der Waals surface area contributed by atoms with E-state index in [4.69, 9.17) is 19.2 Å². The Kier molecular flexibility index (Phi) is 11.9. The fourth-order valence-corrected chi connectivity index (χ4v) is 3.97. The van der Waals surface area contributed by atoms with Crippen LogP contribution in [0.3, 0.4) is 0 Å². The fourth-order valence-electron chi connectivity index (χ4n) is 3.97. The van der Waals surface area contributed by atoms with Crippen molar-refractivity contribution in [1.29, 1.82) is 0 Å². The van der Waals surface area contributed by atoms with E-state index in [1.54, 1.807) is 7.11 Å². The average Bonchev–Trinajstić information content (AvgIpc) is 2.81. The lowest BCUT2D eigenvalue weighted by atomic mass is 10.1. The number of nitrogens with one attached hydrogen (secondary N) is 1. The fraction of sp³-hybridized carbons (Fsp3) is 0.696. The van der Waals surface area contributed by atoms with Gasteiger partial charge in [-0.25, -0.2) is 0 Å². The number of rotatable bonds is 8. The van der Waals surface area contributed by atoms with Crippen molar-refractivity contribution in [3.05, 3.63) is 29.8 Å². The molecule has 0 saturated carbocycles. The predicted octanol–water partition coefficient (Wildman–Crippen LogP) is 3.36. The first kappa shape index (κ1) is 26.2. The number of ether oxygens (including phenoxy) is 3. The number of aliphatic hydroxyl groups excluding tert-OH is 1. The Morgan fingerprint density at radius 2 is 2.10 bits per heavy atom. The third kappa shape index (κ3) is 8.40. The first-order valence-corrected chi connectivity index (χ1v) is 11.3. The molecule has 0 aromatic heterocycles. The summed E-state index contributed by atoms with van der Waals surface area (Å²) in [5, 5.41) is 13.9. The zero-order chi connectivity index (χ0) is 21.2. The smallest absolute Gasteiger partial charge is 0.194 e. The minimum Gasteiger partial charge on any atom is -0.497 e. The van der Waals surface area contributed by atoms with E-state index in [1.807, 2.05) is 24.3 Å². The van der Waals surface area contributed by atoms with Crippen molar-refractivity contribution >= 4 is 29.9 Å². The molecule has 3 rings (SSSR count). The van der Waals surface area contributed by atoms with Crippen molar-refractivity contribution in [1.82, 2.24) is 10.2 Å². The normalized spacial score (nSPS) is 21.3. The van der Waals surface area contributed by atoms with Gasteiger partial charge < -0.3 is 29.5 Å². The Bertz CT molecular complexity index is 662. The van der Waals surface area contributed by atoms with Gasteiger partial charge in [-0.3, -0.25) is 4.99 Å². The zero-order valence-corrected chi connectivity index (χ0v) is 21.1. The van der Waals surface area contributed by atoms with Crippen LogP contribution in [-0.2, 0) is 9.47 Å². The molecule has 0 spiro atoms. The van der Waals surface area contributed by atoms with E-state index in [0.29, 0.717) is 13.2 Å². The number of hydrogen-bond donors (Lipinski definition) is 2. The number of guanidine groups is 1. The Morgan fingerprint density at radius 1 is 1.29 bits per heavy atom. The molecule has 2 atom stereocenters. The number of aliphatic hydroxyl groups is 1. The Hall–Kier alpha value is -1.10. The molecule has 0 bridgehead atoms. The van der Waals surface area contributed by atoms with Crippen molar-refractivity contribution in [2.24, 2.45) is 4.99 Å². The molecule has 31 heavy (non-hydrogen) atoms. The van der Waals surface area contributed by atoms with E-state index in [9.17, 15) is 5.11 Å². The standard InChI is InChI=1S/C23H37N3O4.HI/c1-3-24-23(25-16-22(27)18-7-6-9-20(15-18)28-2)26-12-10-19(11-13-26)30-17-21-8-4-5-14-29-21;/h6-7,9,15,19,21-22,27H,3-5,8,10-14,16-17H2,1-2H3,(H,24,25);1H. The third-order valence-corrected chi connectivity index (χ3v) is 5.76. The van der Waals surface area contributed by atoms with E-state index in [2.05, 4.69) is 17.1 Å². The van der Waals surface area contributed by atoms with Gasteiger partial charge in [0.15, 0.2) is 5.96 Å². The molecule has 2 aliphatic heterocycles. The van der Waals surface area contributed by atoms with Crippen molar-refractivity contribution in [3.8, 4) is 5.75 Å². The largest absolute Gasteiger partial charge is 0.497 e. The van der Waals surface area contributed by atoms with Gasteiger partial charge in [0.05, 0.1) is 38.6 Å². The highest BCUT2D eigenvalue weighted by atomic mass is 127. The van der Waals surface area contributed by atoms with Gasteiger partial charge in [0.2, 0.25) is 0 Å². The predicted molar refractivity (Wildman–Crippen MR) is 133 cm³/mol. The lowest BCUT2D eigenvalue weighted by Crippen LogP contribution is -2.47. The Labute approximate surface area is 203 Å². The summed E-state index contributed by atoms with van der Waals surface area (Å²) in [6.07, 6.45) is 5.40. The van der Waals surface area contributed by atoms with Gasteiger partial charge in [-0.2, -0.15) is 0 Å². The molecule has 0 aliphatic carbocycles. The van der Waals surface area contributed by atoms with Gasteiger partial charge in [0.1, 0.15) is 5.75 Å². The van der Waals surface area contributed by atoms with Crippen LogP contribution < -0.4 is 10.1 Å². The number of methoxy groups -OCH3 is 1. The minimum atomic E-state index is -0.662. The second-order valence-electron chi connectivity index (χ2n) is 8.00. The van der Waals surface area contributed by atoms with Crippen LogP contribution in [0.5, 0.6) is 5.75 Å². The number of benzene rings is 1. The number of hydrogen-bond acceptors (Lipinski definition) is 5. The molecule has 1 aromatic rings. The van der Waals surface area contributed by atoms with E-state index in [1.165, 1.54) is 12.8 Å². The molecule has 2 heterocycles.